The number of carbonyl (C=O) groups is 1. The summed E-state index contributed by atoms with van der Waals surface area (Å²) in [7, 11) is 0. The Morgan fingerprint density at radius 3 is 2.68 bits per heavy atom. The Bertz CT molecular complexity index is 444. The number of nitrogens with one attached hydrogen (secondary N) is 1. The minimum atomic E-state index is -0.0173. The zero-order valence-electron chi connectivity index (χ0n) is 10.9. The minimum Gasteiger partial charge on any atom is -0.351 e. The topological polar surface area (TPSA) is 29.1 Å². The van der Waals surface area contributed by atoms with Gasteiger partial charge in [-0.1, -0.05) is 41.3 Å². The van der Waals surface area contributed by atoms with Crippen molar-refractivity contribution < 1.29 is 4.79 Å². The van der Waals surface area contributed by atoms with Crippen molar-refractivity contribution in [2.45, 2.75) is 32.1 Å². The van der Waals surface area contributed by atoms with Gasteiger partial charge in [0.15, 0.2) is 0 Å². The molecule has 0 atom stereocenters. The second-order valence-corrected chi connectivity index (χ2v) is 6.57. The molecule has 1 saturated carbocycles. The summed E-state index contributed by atoms with van der Waals surface area (Å²) in [6.07, 6.45) is 5.97. The number of carbonyl (C=O) groups excluding carboxylic acids is 1. The van der Waals surface area contributed by atoms with Crippen LogP contribution in [-0.4, -0.2) is 18.3 Å². The smallest absolute Gasteiger partial charge is 0.251 e. The summed E-state index contributed by atoms with van der Waals surface area (Å²) in [6.45, 7) is 0.682. The van der Waals surface area contributed by atoms with E-state index in [-0.39, 0.29) is 11.3 Å². The Kier molecular flexibility index (Phi) is 5.28. The molecule has 0 aromatic heterocycles. The normalized spacial score (nSPS) is 18.0. The maximum atomic E-state index is 12.1. The molecule has 0 spiro atoms. The third-order valence-electron chi connectivity index (χ3n) is 3.91. The minimum absolute atomic E-state index is 0.0173. The van der Waals surface area contributed by atoms with Crippen molar-refractivity contribution in [2.75, 3.05) is 12.4 Å². The van der Waals surface area contributed by atoms with E-state index in [1.807, 2.05) is 24.3 Å². The van der Waals surface area contributed by atoms with Crippen molar-refractivity contribution in [3.8, 4) is 0 Å². The second-order valence-electron chi connectivity index (χ2n) is 5.39. The van der Waals surface area contributed by atoms with Gasteiger partial charge >= 0.3 is 0 Å². The highest BCUT2D eigenvalue weighted by Crippen LogP contribution is 2.36. The lowest BCUT2D eigenvalue weighted by atomic mass is 9.75. The van der Waals surface area contributed by atoms with Gasteiger partial charge in [0.25, 0.3) is 5.91 Å². The Hall–Kier alpha value is -0.540. The molecule has 1 N–H and O–H groups in total. The molecule has 1 aromatic rings. The van der Waals surface area contributed by atoms with Gasteiger partial charge in [-0.05, 0) is 31.0 Å². The summed E-state index contributed by atoms with van der Waals surface area (Å²) in [5.74, 6) is 0.613. The number of hydrogen-bond donors (Lipinski definition) is 1. The fourth-order valence-electron chi connectivity index (χ4n) is 2.66. The van der Waals surface area contributed by atoms with Crippen LogP contribution < -0.4 is 5.32 Å². The molecule has 104 valence electrons. The van der Waals surface area contributed by atoms with Gasteiger partial charge in [-0.2, -0.15) is 0 Å². The number of alkyl halides is 1. The molecule has 0 heterocycles. The lowest BCUT2D eigenvalue weighted by molar-refractivity contribution is 0.0921. The Labute approximate surface area is 128 Å². The molecule has 1 aliphatic rings. The SMILES string of the molecule is O=C(NCC1(CCl)CCCCC1)c1cccc(Br)c1. The molecular weight excluding hydrogens is 326 g/mol. The van der Waals surface area contributed by atoms with Gasteiger partial charge in [0.05, 0.1) is 0 Å². The zero-order chi connectivity index (χ0) is 13.7. The van der Waals surface area contributed by atoms with E-state index in [1.165, 1.54) is 19.3 Å². The molecule has 0 saturated heterocycles. The van der Waals surface area contributed by atoms with Crippen molar-refractivity contribution in [1.82, 2.24) is 5.32 Å². The zero-order valence-corrected chi connectivity index (χ0v) is 13.3. The van der Waals surface area contributed by atoms with Crippen LogP contribution in [0.3, 0.4) is 0 Å². The molecule has 0 unspecified atom stereocenters. The third-order valence-corrected chi connectivity index (χ3v) is 4.97. The van der Waals surface area contributed by atoms with Crippen LogP contribution >= 0.6 is 27.5 Å². The molecule has 0 aliphatic heterocycles. The molecule has 1 aromatic carbocycles. The van der Waals surface area contributed by atoms with Crippen molar-refractivity contribution in [3.05, 3.63) is 34.3 Å². The summed E-state index contributed by atoms with van der Waals surface area (Å²) < 4.78 is 0.921. The van der Waals surface area contributed by atoms with E-state index < -0.39 is 0 Å². The molecular formula is C15H19BrClNO. The Morgan fingerprint density at radius 1 is 1.32 bits per heavy atom. The fourth-order valence-corrected chi connectivity index (χ4v) is 3.42. The first-order valence-corrected chi connectivity index (χ1v) is 8.08. The van der Waals surface area contributed by atoms with E-state index in [4.69, 9.17) is 11.6 Å². The summed E-state index contributed by atoms with van der Waals surface area (Å²) in [4.78, 5) is 12.1. The predicted molar refractivity (Wildman–Crippen MR) is 82.7 cm³/mol. The van der Waals surface area contributed by atoms with Gasteiger partial charge in [-0.25, -0.2) is 0 Å². The summed E-state index contributed by atoms with van der Waals surface area (Å²) in [5.41, 5.74) is 0.788. The van der Waals surface area contributed by atoms with Crippen LogP contribution in [0.4, 0.5) is 0 Å². The summed E-state index contributed by atoms with van der Waals surface area (Å²) >= 11 is 9.51. The molecule has 1 fully saturated rings. The average molecular weight is 345 g/mol. The molecule has 0 radical (unpaired) electrons. The average Bonchev–Trinajstić information content (AvgIpc) is 2.46. The highest BCUT2D eigenvalue weighted by atomic mass is 79.9. The number of halogens is 2. The number of rotatable bonds is 4. The molecule has 19 heavy (non-hydrogen) atoms. The van der Waals surface area contributed by atoms with Gasteiger partial charge < -0.3 is 5.32 Å². The number of benzene rings is 1. The highest BCUT2D eigenvalue weighted by molar-refractivity contribution is 9.10. The Balaban J connectivity index is 1.95. The largest absolute Gasteiger partial charge is 0.351 e. The summed E-state index contributed by atoms with van der Waals surface area (Å²) in [5, 5.41) is 3.04. The molecule has 2 nitrogen and oxygen atoms in total. The number of hydrogen-bond acceptors (Lipinski definition) is 1. The third kappa shape index (κ3) is 3.96. The van der Waals surface area contributed by atoms with E-state index in [9.17, 15) is 4.79 Å². The maximum absolute atomic E-state index is 12.1. The lowest BCUT2D eigenvalue weighted by Crippen LogP contribution is -2.40. The van der Waals surface area contributed by atoms with Crippen LogP contribution in [0.15, 0.2) is 28.7 Å². The van der Waals surface area contributed by atoms with E-state index in [0.29, 0.717) is 18.0 Å². The van der Waals surface area contributed by atoms with Gasteiger partial charge in [-0.15, -0.1) is 11.6 Å². The highest BCUT2D eigenvalue weighted by Gasteiger charge is 2.31. The van der Waals surface area contributed by atoms with Crippen LogP contribution in [0.5, 0.6) is 0 Å². The Morgan fingerprint density at radius 2 is 2.05 bits per heavy atom. The fraction of sp³-hybridized carbons (Fsp3) is 0.533. The van der Waals surface area contributed by atoms with Gasteiger partial charge in [-0.3, -0.25) is 4.79 Å². The predicted octanol–water partition coefficient (Wildman–Crippen LogP) is 4.37. The van der Waals surface area contributed by atoms with Crippen LogP contribution in [-0.2, 0) is 0 Å². The van der Waals surface area contributed by atoms with Gasteiger partial charge in [0, 0.05) is 27.9 Å². The molecule has 4 heteroatoms. The lowest BCUT2D eigenvalue weighted by Gasteiger charge is -2.35. The first-order chi connectivity index (χ1) is 9.15. The number of amides is 1. The van der Waals surface area contributed by atoms with Crippen molar-refractivity contribution in [2.24, 2.45) is 5.41 Å². The first kappa shape index (κ1) is 14.9. The van der Waals surface area contributed by atoms with E-state index in [1.54, 1.807) is 0 Å². The maximum Gasteiger partial charge on any atom is 0.251 e. The quantitative estimate of drug-likeness (QED) is 0.807. The van der Waals surface area contributed by atoms with Crippen molar-refractivity contribution in [1.29, 1.82) is 0 Å². The van der Waals surface area contributed by atoms with E-state index in [0.717, 1.165) is 17.3 Å². The van der Waals surface area contributed by atoms with E-state index in [2.05, 4.69) is 21.2 Å². The first-order valence-electron chi connectivity index (χ1n) is 6.75. The molecule has 1 aliphatic carbocycles. The van der Waals surface area contributed by atoms with E-state index >= 15 is 0 Å². The molecule has 0 bridgehead atoms. The second kappa shape index (κ2) is 6.76. The summed E-state index contributed by atoms with van der Waals surface area (Å²) in [6, 6.07) is 7.45. The van der Waals surface area contributed by atoms with Gasteiger partial charge in [0.1, 0.15) is 0 Å². The van der Waals surface area contributed by atoms with Crippen molar-refractivity contribution in [3.63, 3.8) is 0 Å². The monoisotopic (exact) mass is 343 g/mol. The standard InChI is InChI=1S/C15H19BrClNO/c16-13-6-4-5-12(9-13)14(19)18-11-15(10-17)7-2-1-3-8-15/h4-6,9H,1-3,7-8,10-11H2,(H,18,19). The van der Waals surface area contributed by atoms with Crippen LogP contribution in [0.1, 0.15) is 42.5 Å². The van der Waals surface area contributed by atoms with Crippen LogP contribution in [0.2, 0.25) is 0 Å². The van der Waals surface area contributed by atoms with Crippen LogP contribution in [0.25, 0.3) is 0 Å². The van der Waals surface area contributed by atoms with Gasteiger partial charge in [0.2, 0.25) is 0 Å². The molecule has 2 rings (SSSR count). The van der Waals surface area contributed by atoms with Crippen LogP contribution in [0, 0.1) is 5.41 Å². The molecule has 1 amide bonds. The van der Waals surface area contributed by atoms with Crippen molar-refractivity contribution >= 4 is 33.4 Å².